The lowest BCUT2D eigenvalue weighted by atomic mass is 10.3. The molecule has 0 saturated carbocycles. The Morgan fingerprint density at radius 1 is 1.79 bits per heavy atom. The Hall–Kier alpha value is -0.590. The molecule has 1 atom stereocenters. The van der Waals surface area contributed by atoms with E-state index in [0.29, 0.717) is 0 Å². The molecule has 1 saturated heterocycles. The Labute approximate surface area is 90.7 Å². The van der Waals surface area contributed by atoms with Crippen molar-refractivity contribution < 1.29 is 4.79 Å². The molecule has 1 amide bonds. The van der Waals surface area contributed by atoms with Crippen LogP contribution in [-0.4, -0.2) is 35.6 Å². The molecule has 6 heteroatoms. The Balaban J connectivity index is 2.04. The number of hydrogen-bond donors (Lipinski definition) is 1. The van der Waals surface area contributed by atoms with Crippen molar-refractivity contribution in [2.45, 2.75) is 6.04 Å². The average molecular weight is 229 g/mol. The van der Waals surface area contributed by atoms with Gasteiger partial charge in [-0.2, -0.15) is 0 Å². The normalized spacial score (nSPS) is 21.1. The van der Waals surface area contributed by atoms with Gasteiger partial charge in [-0.15, -0.1) is 23.1 Å². The van der Waals surface area contributed by atoms with Crippen molar-refractivity contribution in [3.05, 3.63) is 11.6 Å². The van der Waals surface area contributed by atoms with E-state index in [0.717, 1.165) is 16.8 Å². The largest absolute Gasteiger partial charge is 0.296 e. The van der Waals surface area contributed by atoms with Crippen LogP contribution < -0.4 is 10.2 Å². The number of nitrogens with one attached hydrogen (secondary N) is 1. The monoisotopic (exact) mass is 229 g/mol. The lowest BCUT2D eigenvalue weighted by Crippen LogP contribution is -2.43. The first-order valence-corrected chi connectivity index (χ1v) is 6.30. The minimum absolute atomic E-state index is 0.0473. The Kier molecular flexibility index (Phi) is 3.05. The zero-order valence-electron chi connectivity index (χ0n) is 7.77. The predicted molar refractivity (Wildman–Crippen MR) is 59.8 cm³/mol. The van der Waals surface area contributed by atoms with Crippen molar-refractivity contribution in [1.82, 2.24) is 10.3 Å². The fraction of sp³-hybridized carbons (Fsp3) is 0.500. The number of amides is 1. The number of likely N-dealkylation sites (N-methyl/N-ethyl adjacent to an activating group) is 1. The maximum absolute atomic E-state index is 11.9. The zero-order chi connectivity index (χ0) is 9.97. The molecule has 1 aliphatic rings. The molecular formula is C8H11N3OS2. The third-order valence-electron chi connectivity index (χ3n) is 2.05. The van der Waals surface area contributed by atoms with Gasteiger partial charge in [-0.1, -0.05) is 0 Å². The highest BCUT2D eigenvalue weighted by molar-refractivity contribution is 7.99. The molecule has 4 nitrogen and oxygen atoms in total. The van der Waals surface area contributed by atoms with Gasteiger partial charge in [-0.25, -0.2) is 4.98 Å². The summed E-state index contributed by atoms with van der Waals surface area (Å²) in [5.41, 5.74) is 0. The van der Waals surface area contributed by atoms with E-state index in [1.807, 2.05) is 5.38 Å². The van der Waals surface area contributed by atoms with Crippen LogP contribution in [0.2, 0.25) is 0 Å². The van der Waals surface area contributed by atoms with Crippen LogP contribution in [0.1, 0.15) is 0 Å². The van der Waals surface area contributed by atoms with E-state index in [2.05, 4.69) is 10.3 Å². The fourth-order valence-corrected chi connectivity index (χ4v) is 2.81. The molecule has 2 heterocycles. The first kappa shape index (κ1) is 9.95. The molecule has 2 rings (SSSR count). The quantitative estimate of drug-likeness (QED) is 0.813. The lowest BCUT2D eigenvalue weighted by molar-refractivity contribution is -0.119. The third kappa shape index (κ3) is 1.92. The summed E-state index contributed by atoms with van der Waals surface area (Å²) in [5.74, 6) is 1.82. The topological polar surface area (TPSA) is 45.2 Å². The predicted octanol–water partition coefficient (Wildman–Crippen LogP) is 0.768. The number of nitrogens with zero attached hydrogens (tertiary/aromatic N) is 2. The molecule has 1 N–H and O–H groups in total. The summed E-state index contributed by atoms with van der Waals surface area (Å²) in [6.07, 6.45) is 1.71. The number of carbonyl (C=O) groups excluding carboxylic acids is 1. The van der Waals surface area contributed by atoms with Crippen LogP contribution in [0.25, 0.3) is 0 Å². The summed E-state index contributed by atoms with van der Waals surface area (Å²) in [4.78, 5) is 17.6. The van der Waals surface area contributed by atoms with E-state index in [-0.39, 0.29) is 11.9 Å². The molecule has 0 radical (unpaired) electrons. The average Bonchev–Trinajstić information content (AvgIpc) is 2.87. The Bertz CT molecular complexity index is 308. The number of thioether (sulfide) groups is 1. The highest BCUT2D eigenvalue weighted by Gasteiger charge is 2.26. The van der Waals surface area contributed by atoms with Crippen LogP contribution in [0.4, 0.5) is 5.13 Å². The molecule has 0 bridgehead atoms. The van der Waals surface area contributed by atoms with E-state index in [9.17, 15) is 4.79 Å². The van der Waals surface area contributed by atoms with E-state index < -0.39 is 0 Å². The van der Waals surface area contributed by atoms with Crippen molar-refractivity contribution in [1.29, 1.82) is 0 Å². The minimum atomic E-state index is -0.0473. The van der Waals surface area contributed by atoms with Gasteiger partial charge in [0, 0.05) is 30.3 Å². The number of anilines is 1. The third-order valence-corrected chi connectivity index (χ3v) is 3.84. The van der Waals surface area contributed by atoms with Gasteiger partial charge in [0.25, 0.3) is 0 Å². The number of aromatic nitrogens is 1. The van der Waals surface area contributed by atoms with Crippen molar-refractivity contribution >= 4 is 34.1 Å². The minimum Gasteiger partial charge on any atom is -0.296 e. The number of thiazole rings is 1. The molecule has 1 fully saturated rings. The molecule has 1 aliphatic heterocycles. The first-order valence-electron chi connectivity index (χ1n) is 4.27. The molecule has 76 valence electrons. The summed E-state index contributed by atoms with van der Waals surface area (Å²) in [5, 5.41) is 5.78. The fourth-order valence-electron chi connectivity index (χ4n) is 1.26. The van der Waals surface area contributed by atoms with Crippen LogP contribution in [0.5, 0.6) is 0 Å². The van der Waals surface area contributed by atoms with Crippen LogP contribution in [0.3, 0.4) is 0 Å². The summed E-state index contributed by atoms with van der Waals surface area (Å²) in [7, 11) is 1.77. The molecule has 0 aromatic carbocycles. The van der Waals surface area contributed by atoms with Crippen molar-refractivity contribution in [3.8, 4) is 0 Å². The number of carbonyl (C=O) groups is 1. The highest BCUT2D eigenvalue weighted by Crippen LogP contribution is 2.18. The van der Waals surface area contributed by atoms with E-state index in [1.54, 1.807) is 29.9 Å². The van der Waals surface area contributed by atoms with Gasteiger partial charge in [0.15, 0.2) is 5.13 Å². The summed E-state index contributed by atoms with van der Waals surface area (Å²) in [6, 6.07) is -0.0473. The summed E-state index contributed by atoms with van der Waals surface area (Å²) in [6.45, 7) is 0. The lowest BCUT2D eigenvalue weighted by Gasteiger charge is -2.17. The maximum atomic E-state index is 11.9. The van der Waals surface area contributed by atoms with Gasteiger partial charge in [0.1, 0.15) is 0 Å². The highest BCUT2D eigenvalue weighted by atomic mass is 32.2. The molecule has 1 aromatic rings. The van der Waals surface area contributed by atoms with E-state index in [4.69, 9.17) is 0 Å². The summed E-state index contributed by atoms with van der Waals surface area (Å²) >= 11 is 3.23. The van der Waals surface area contributed by atoms with Crippen LogP contribution in [0, 0.1) is 0 Å². The maximum Gasteiger partial charge on any atom is 0.246 e. The Morgan fingerprint density at radius 3 is 3.21 bits per heavy atom. The first-order chi connectivity index (χ1) is 6.79. The molecule has 1 aromatic heterocycles. The smallest absolute Gasteiger partial charge is 0.246 e. The second-order valence-electron chi connectivity index (χ2n) is 2.98. The standard InChI is InChI=1S/C8H11N3OS2/c1-11(8-9-2-3-14-8)7(12)6-4-13-5-10-6/h2-3,6,10H,4-5H2,1H3/t6-/m1/s1. The van der Waals surface area contributed by atoms with Crippen molar-refractivity contribution in [2.24, 2.45) is 0 Å². The van der Waals surface area contributed by atoms with Gasteiger partial charge in [-0.05, 0) is 0 Å². The van der Waals surface area contributed by atoms with Gasteiger partial charge >= 0.3 is 0 Å². The van der Waals surface area contributed by atoms with Gasteiger partial charge in [0.05, 0.1) is 6.04 Å². The molecule has 0 unspecified atom stereocenters. The van der Waals surface area contributed by atoms with E-state index in [1.165, 1.54) is 11.3 Å². The summed E-state index contributed by atoms with van der Waals surface area (Å²) < 4.78 is 0. The van der Waals surface area contributed by atoms with Gasteiger partial charge < -0.3 is 0 Å². The molecule has 14 heavy (non-hydrogen) atoms. The zero-order valence-corrected chi connectivity index (χ0v) is 9.40. The van der Waals surface area contributed by atoms with Crippen LogP contribution in [-0.2, 0) is 4.79 Å². The number of hydrogen-bond acceptors (Lipinski definition) is 5. The Morgan fingerprint density at radius 2 is 2.64 bits per heavy atom. The second-order valence-corrected chi connectivity index (χ2v) is 4.89. The van der Waals surface area contributed by atoms with Crippen LogP contribution >= 0.6 is 23.1 Å². The van der Waals surface area contributed by atoms with Crippen molar-refractivity contribution in [3.63, 3.8) is 0 Å². The second kappa shape index (κ2) is 4.29. The SMILES string of the molecule is CN(C(=O)[C@H]1CSCN1)c1nccs1. The number of rotatable bonds is 2. The molecular weight excluding hydrogens is 218 g/mol. The molecule has 0 spiro atoms. The van der Waals surface area contributed by atoms with Crippen LogP contribution in [0.15, 0.2) is 11.6 Å². The van der Waals surface area contributed by atoms with Gasteiger partial charge in [0.2, 0.25) is 5.91 Å². The molecule has 0 aliphatic carbocycles. The van der Waals surface area contributed by atoms with Gasteiger partial charge in [-0.3, -0.25) is 15.0 Å². The van der Waals surface area contributed by atoms with Crippen molar-refractivity contribution in [2.75, 3.05) is 23.6 Å². The van der Waals surface area contributed by atoms with E-state index >= 15 is 0 Å².